The summed E-state index contributed by atoms with van der Waals surface area (Å²) in [5.74, 6) is 0. The Labute approximate surface area is 105 Å². The number of rotatable bonds is 1. The lowest BCUT2D eigenvalue weighted by Crippen LogP contribution is -2.03. The van der Waals surface area contributed by atoms with Gasteiger partial charge in [0.25, 0.3) is 0 Å². The number of aromatic amines is 2. The maximum absolute atomic E-state index is 4.51. The molecule has 2 N–H and O–H groups in total. The molecule has 0 saturated heterocycles. The van der Waals surface area contributed by atoms with Crippen LogP contribution in [-0.2, 0) is 12.8 Å². The van der Waals surface area contributed by atoms with Crippen molar-refractivity contribution < 1.29 is 0 Å². The van der Waals surface area contributed by atoms with Gasteiger partial charge in [-0.3, -0.25) is 5.10 Å². The molecule has 0 atom stereocenters. The minimum Gasteiger partial charge on any atom is -0.360 e. The van der Waals surface area contributed by atoms with Crippen molar-refractivity contribution in [3.8, 4) is 22.6 Å². The molecule has 0 saturated carbocycles. The molecule has 3 aromatic rings. The van der Waals surface area contributed by atoms with E-state index in [4.69, 9.17) is 0 Å². The van der Waals surface area contributed by atoms with Gasteiger partial charge in [-0.25, -0.2) is 0 Å². The third-order valence-electron chi connectivity index (χ3n) is 3.65. The quantitative estimate of drug-likeness (QED) is 0.668. The van der Waals surface area contributed by atoms with E-state index in [0.717, 1.165) is 29.9 Å². The largest absolute Gasteiger partial charge is 0.360 e. The Balaban J connectivity index is 1.93. The van der Waals surface area contributed by atoms with Crippen LogP contribution in [0.1, 0.15) is 11.1 Å². The topological polar surface area (TPSA) is 44.5 Å². The summed E-state index contributed by atoms with van der Waals surface area (Å²) in [5, 5.41) is 7.69. The average Bonchev–Trinajstić information content (AvgIpc) is 3.07. The van der Waals surface area contributed by atoms with Crippen molar-refractivity contribution >= 4 is 0 Å². The Morgan fingerprint density at radius 3 is 2.83 bits per heavy atom. The number of hydrogen-bond acceptors (Lipinski definition) is 1. The molecule has 3 nitrogen and oxygen atoms in total. The maximum atomic E-state index is 4.51. The molecule has 0 bridgehead atoms. The lowest BCUT2D eigenvalue weighted by molar-refractivity contribution is 0.942. The fraction of sp³-hybridized carbons (Fsp3) is 0.133. The zero-order valence-corrected chi connectivity index (χ0v) is 9.90. The predicted octanol–water partition coefficient (Wildman–Crippen LogP) is 3.17. The number of H-pyrrole nitrogens is 2. The number of aromatic nitrogens is 3. The van der Waals surface area contributed by atoms with E-state index >= 15 is 0 Å². The number of nitrogens with zero attached hydrogens (tertiary/aromatic N) is 1. The molecule has 1 aliphatic carbocycles. The van der Waals surface area contributed by atoms with Gasteiger partial charge in [0.05, 0.1) is 17.1 Å². The van der Waals surface area contributed by atoms with E-state index in [9.17, 15) is 0 Å². The maximum Gasteiger partial charge on any atom is 0.0962 e. The van der Waals surface area contributed by atoms with Crippen molar-refractivity contribution in [2.75, 3.05) is 0 Å². The number of fused-ring (bicyclic) bond motifs is 3. The molecule has 1 aromatic carbocycles. The van der Waals surface area contributed by atoms with Gasteiger partial charge < -0.3 is 4.98 Å². The van der Waals surface area contributed by atoms with Crippen LogP contribution in [0.4, 0.5) is 0 Å². The summed E-state index contributed by atoms with van der Waals surface area (Å²) >= 11 is 0. The van der Waals surface area contributed by atoms with Crippen molar-refractivity contribution in [2.24, 2.45) is 0 Å². The molecule has 0 fully saturated rings. The highest BCUT2D eigenvalue weighted by molar-refractivity contribution is 5.76. The van der Waals surface area contributed by atoms with Crippen LogP contribution in [0.15, 0.2) is 42.6 Å². The average molecular weight is 235 g/mol. The fourth-order valence-corrected chi connectivity index (χ4v) is 2.77. The van der Waals surface area contributed by atoms with E-state index in [2.05, 4.69) is 45.5 Å². The van der Waals surface area contributed by atoms with Gasteiger partial charge >= 0.3 is 0 Å². The second-order valence-electron chi connectivity index (χ2n) is 4.67. The van der Waals surface area contributed by atoms with Crippen molar-refractivity contribution in [2.45, 2.75) is 12.8 Å². The zero-order valence-electron chi connectivity index (χ0n) is 9.90. The molecular formula is C15H13N3. The van der Waals surface area contributed by atoms with Gasteiger partial charge in [0.15, 0.2) is 0 Å². The van der Waals surface area contributed by atoms with Crippen molar-refractivity contribution in [3.05, 3.63) is 53.7 Å². The predicted molar refractivity (Wildman–Crippen MR) is 71.2 cm³/mol. The summed E-state index contributed by atoms with van der Waals surface area (Å²) in [5.41, 5.74) is 7.35. The van der Waals surface area contributed by atoms with Gasteiger partial charge in [-0.2, -0.15) is 5.10 Å². The Hall–Kier alpha value is -2.29. The summed E-state index contributed by atoms with van der Waals surface area (Å²) in [7, 11) is 0. The number of benzene rings is 1. The van der Waals surface area contributed by atoms with Crippen molar-refractivity contribution in [1.29, 1.82) is 0 Å². The van der Waals surface area contributed by atoms with Gasteiger partial charge in [0, 0.05) is 17.3 Å². The molecule has 0 amide bonds. The molecule has 0 unspecified atom stereocenters. The van der Waals surface area contributed by atoms with Gasteiger partial charge in [-0.05, 0) is 30.5 Å². The number of nitrogens with one attached hydrogen (secondary N) is 2. The van der Waals surface area contributed by atoms with E-state index in [0.29, 0.717) is 0 Å². The second kappa shape index (κ2) is 3.60. The van der Waals surface area contributed by atoms with Crippen LogP contribution >= 0.6 is 0 Å². The first-order valence-electron chi connectivity index (χ1n) is 6.23. The van der Waals surface area contributed by atoms with E-state index in [1.54, 1.807) is 0 Å². The molecule has 2 aromatic heterocycles. The molecule has 18 heavy (non-hydrogen) atoms. The van der Waals surface area contributed by atoms with Crippen molar-refractivity contribution in [3.63, 3.8) is 0 Å². The zero-order chi connectivity index (χ0) is 11.9. The van der Waals surface area contributed by atoms with Gasteiger partial charge in [0.2, 0.25) is 0 Å². The Bertz CT molecular complexity index is 692. The van der Waals surface area contributed by atoms with Crippen molar-refractivity contribution in [1.82, 2.24) is 15.2 Å². The second-order valence-corrected chi connectivity index (χ2v) is 4.67. The molecule has 88 valence electrons. The first-order chi connectivity index (χ1) is 8.93. The molecule has 0 spiro atoms. The van der Waals surface area contributed by atoms with Crippen LogP contribution in [0.3, 0.4) is 0 Å². The monoisotopic (exact) mass is 235 g/mol. The molecule has 1 aliphatic rings. The minimum atomic E-state index is 1.05. The van der Waals surface area contributed by atoms with Crippen LogP contribution < -0.4 is 0 Å². The number of aryl methyl sites for hydroxylation is 1. The van der Waals surface area contributed by atoms with E-state index in [1.807, 2.05) is 12.3 Å². The summed E-state index contributed by atoms with van der Waals surface area (Å²) in [4.78, 5) is 3.24. The van der Waals surface area contributed by atoms with Crippen LogP contribution in [0.25, 0.3) is 22.6 Å². The molecule has 3 heteroatoms. The lowest BCUT2D eigenvalue weighted by atomic mass is 9.89. The SMILES string of the molecule is c1c[nH]c(-c2[nH]nc3c2CCc2ccccc2-3)c1. The molecular weight excluding hydrogens is 222 g/mol. The summed E-state index contributed by atoms with van der Waals surface area (Å²) in [6.07, 6.45) is 4.09. The minimum absolute atomic E-state index is 1.05. The highest BCUT2D eigenvalue weighted by atomic mass is 15.1. The summed E-state index contributed by atoms with van der Waals surface area (Å²) in [6.45, 7) is 0. The summed E-state index contributed by atoms with van der Waals surface area (Å²) in [6, 6.07) is 12.6. The lowest BCUT2D eigenvalue weighted by Gasteiger charge is -2.15. The third kappa shape index (κ3) is 1.27. The number of hydrogen-bond donors (Lipinski definition) is 2. The highest BCUT2D eigenvalue weighted by Crippen LogP contribution is 2.36. The van der Waals surface area contributed by atoms with E-state index in [-0.39, 0.29) is 0 Å². The molecule has 0 aliphatic heterocycles. The van der Waals surface area contributed by atoms with Gasteiger partial charge in [-0.1, -0.05) is 24.3 Å². The fourth-order valence-electron chi connectivity index (χ4n) is 2.77. The van der Waals surface area contributed by atoms with E-state index < -0.39 is 0 Å². The van der Waals surface area contributed by atoms with Crippen LogP contribution in [-0.4, -0.2) is 15.2 Å². The first kappa shape index (κ1) is 9.71. The highest BCUT2D eigenvalue weighted by Gasteiger charge is 2.22. The van der Waals surface area contributed by atoms with Gasteiger partial charge in [-0.15, -0.1) is 0 Å². The Morgan fingerprint density at radius 2 is 1.94 bits per heavy atom. The standard InChI is InChI=1S/C15H13N3/c1-2-5-11-10(4-1)7-8-12-14(11)17-18-15(12)13-6-3-9-16-13/h1-6,9,16H,7-8H2,(H,17,18). The third-order valence-corrected chi connectivity index (χ3v) is 3.65. The van der Waals surface area contributed by atoms with Crippen LogP contribution in [0, 0.1) is 0 Å². The summed E-state index contributed by atoms with van der Waals surface area (Å²) < 4.78 is 0. The smallest absolute Gasteiger partial charge is 0.0962 e. The Kier molecular flexibility index (Phi) is 1.94. The van der Waals surface area contributed by atoms with Crippen LogP contribution in [0.5, 0.6) is 0 Å². The van der Waals surface area contributed by atoms with Gasteiger partial charge in [0.1, 0.15) is 0 Å². The molecule has 4 rings (SSSR count). The van der Waals surface area contributed by atoms with E-state index in [1.165, 1.54) is 16.7 Å². The Morgan fingerprint density at radius 1 is 1.00 bits per heavy atom. The molecule has 2 heterocycles. The first-order valence-corrected chi connectivity index (χ1v) is 6.23. The normalized spacial score (nSPS) is 13.1. The molecule has 0 radical (unpaired) electrons. The van der Waals surface area contributed by atoms with Crippen LogP contribution in [0.2, 0.25) is 0 Å².